The molecule has 4 aromatic rings. The molecule has 1 aliphatic carbocycles. The fourth-order valence-corrected chi connectivity index (χ4v) is 4.18. The van der Waals surface area contributed by atoms with Crippen LogP contribution in [0.4, 0.5) is 5.82 Å². The monoisotopic (exact) mass is 432 g/mol. The fourth-order valence-electron chi connectivity index (χ4n) is 3.90. The number of para-hydroxylation sites is 2. The highest BCUT2D eigenvalue weighted by Gasteiger charge is 2.26. The maximum Gasteiger partial charge on any atom is 0.181 e. The van der Waals surface area contributed by atoms with E-state index < -0.39 is 0 Å². The number of nitrogens with zero attached hydrogens (tertiary/aromatic N) is 3. The normalized spacial score (nSPS) is 13.9. The third-order valence-electron chi connectivity index (χ3n) is 5.74. The summed E-state index contributed by atoms with van der Waals surface area (Å²) in [5.41, 5.74) is 5.10. The largest absolute Gasteiger partial charge is 0.367 e. The van der Waals surface area contributed by atoms with Gasteiger partial charge in [-0.25, -0.2) is 9.97 Å². The molecule has 2 aromatic heterocycles. The number of hydrogen-bond donors (Lipinski definition) is 1. The molecule has 1 fully saturated rings. The summed E-state index contributed by atoms with van der Waals surface area (Å²) < 4.78 is 2.11. The van der Waals surface area contributed by atoms with Gasteiger partial charge < -0.3 is 5.32 Å². The van der Waals surface area contributed by atoms with Crippen LogP contribution in [0.3, 0.4) is 0 Å². The fraction of sp³-hybridized carbons (Fsp3) is 0.320. The number of Topliss-reactive ketones (excluding diaryl/α,β-unsaturated/α-hetero) is 1. The zero-order valence-corrected chi connectivity index (χ0v) is 18.5. The van der Waals surface area contributed by atoms with E-state index in [1.54, 1.807) is 0 Å². The zero-order chi connectivity index (χ0) is 21.5. The van der Waals surface area contributed by atoms with E-state index in [0.717, 1.165) is 53.1 Å². The van der Waals surface area contributed by atoms with Gasteiger partial charge in [0, 0.05) is 24.1 Å². The van der Waals surface area contributed by atoms with Gasteiger partial charge >= 0.3 is 0 Å². The molecule has 0 bridgehead atoms. The van der Waals surface area contributed by atoms with Gasteiger partial charge in [0.2, 0.25) is 0 Å². The van der Waals surface area contributed by atoms with Crippen molar-refractivity contribution in [2.45, 2.75) is 33.1 Å². The Hall–Kier alpha value is -2.92. The average molecular weight is 433 g/mol. The Labute approximate surface area is 186 Å². The number of imidazole rings is 1. The number of ketones is 1. The molecule has 0 unspecified atom stereocenters. The molecule has 1 N–H and O–H groups in total. The van der Waals surface area contributed by atoms with Crippen molar-refractivity contribution < 1.29 is 4.79 Å². The van der Waals surface area contributed by atoms with E-state index in [-0.39, 0.29) is 5.78 Å². The van der Waals surface area contributed by atoms with Crippen molar-refractivity contribution in [2.75, 3.05) is 11.9 Å². The van der Waals surface area contributed by atoms with E-state index in [2.05, 4.69) is 28.5 Å². The van der Waals surface area contributed by atoms with Crippen LogP contribution in [0.15, 0.2) is 48.7 Å². The molecule has 6 heteroatoms. The van der Waals surface area contributed by atoms with Crippen LogP contribution >= 0.6 is 11.6 Å². The van der Waals surface area contributed by atoms with Crippen LogP contribution in [-0.2, 0) is 0 Å². The predicted molar refractivity (Wildman–Crippen MR) is 126 cm³/mol. The van der Waals surface area contributed by atoms with Crippen LogP contribution in [0.1, 0.15) is 43.5 Å². The third-order valence-corrected chi connectivity index (χ3v) is 6.06. The highest BCUT2D eigenvalue weighted by atomic mass is 35.5. The minimum Gasteiger partial charge on any atom is -0.367 e. The van der Waals surface area contributed by atoms with Crippen LogP contribution < -0.4 is 5.32 Å². The van der Waals surface area contributed by atoms with Crippen molar-refractivity contribution in [3.8, 4) is 11.3 Å². The second-order valence-electron chi connectivity index (χ2n) is 8.79. The number of aromatic nitrogens is 3. The number of benzene rings is 2. The molecule has 1 aliphatic rings. The quantitative estimate of drug-likeness (QED) is 0.350. The second-order valence-corrected chi connectivity index (χ2v) is 9.20. The summed E-state index contributed by atoms with van der Waals surface area (Å²) in [5.74, 6) is 1.92. The first-order chi connectivity index (χ1) is 15.0. The van der Waals surface area contributed by atoms with E-state index >= 15 is 0 Å². The van der Waals surface area contributed by atoms with E-state index in [4.69, 9.17) is 16.6 Å². The average Bonchev–Trinajstić information content (AvgIpc) is 3.45. The molecular formula is C25H25ClN4O. The summed E-state index contributed by atoms with van der Waals surface area (Å²) in [7, 11) is 0. The number of hydrogen-bond acceptors (Lipinski definition) is 4. The van der Waals surface area contributed by atoms with E-state index in [1.165, 1.54) is 0 Å². The van der Waals surface area contributed by atoms with Gasteiger partial charge in [-0.05, 0) is 48.9 Å². The molecule has 2 aromatic carbocycles. The lowest BCUT2D eigenvalue weighted by atomic mass is 10.0. The Morgan fingerprint density at radius 1 is 1.23 bits per heavy atom. The first-order valence-corrected chi connectivity index (χ1v) is 11.2. The third kappa shape index (κ3) is 3.90. The molecule has 0 saturated heterocycles. The van der Waals surface area contributed by atoms with Crippen molar-refractivity contribution in [3.05, 3.63) is 59.2 Å². The van der Waals surface area contributed by atoms with Crippen molar-refractivity contribution in [3.63, 3.8) is 0 Å². The van der Waals surface area contributed by atoms with Gasteiger partial charge in [-0.1, -0.05) is 43.6 Å². The molecule has 1 saturated carbocycles. The maximum absolute atomic E-state index is 12.6. The summed E-state index contributed by atoms with van der Waals surface area (Å²) in [5, 5.41) is 3.93. The molecular weight excluding hydrogens is 408 g/mol. The highest BCUT2D eigenvalue weighted by molar-refractivity contribution is 6.34. The Morgan fingerprint density at radius 2 is 2.03 bits per heavy atom. The standard InChI is InChI=1S/C25H25ClN4O/c1-15(2)13-27-24-25-28-14-22(30(25)21-6-4-3-5-20(21)29-24)17-9-10-18(19(26)12-17)23(31)11-16-7-8-16/h3-6,9-10,12,14-16H,7-8,11,13H2,1-2H3,(H,27,29). The number of carbonyl (C=O) groups excluding carboxylic acids is 1. The van der Waals surface area contributed by atoms with Crippen LogP contribution in [0, 0.1) is 11.8 Å². The number of rotatable bonds is 7. The highest BCUT2D eigenvalue weighted by Crippen LogP contribution is 2.35. The number of halogens is 1. The van der Waals surface area contributed by atoms with Crippen molar-refractivity contribution in [1.29, 1.82) is 0 Å². The zero-order valence-electron chi connectivity index (χ0n) is 17.7. The lowest BCUT2D eigenvalue weighted by Gasteiger charge is -2.13. The van der Waals surface area contributed by atoms with Gasteiger partial charge in [-0.2, -0.15) is 0 Å². The van der Waals surface area contributed by atoms with Crippen LogP contribution in [0.25, 0.3) is 27.9 Å². The van der Waals surface area contributed by atoms with Gasteiger partial charge in [-0.15, -0.1) is 0 Å². The van der Waals surface area contributed by atoms with Gasteiger partial charge in [0.05, 0.1) is 27.9 Å². The summed E-state index contributed by atoms with van der Waals surface area (Å²) in [6.45, 7) is 5.14. The minimum atomic E-state index is 0.131. The molecule has 0 spiro atoms. The second kappa shape index (κ2) is 7.97. The smallest absolute Gasteiger partial charge is 0.181 e. The SMILES string of the molecule is CC(C)CNc1nc2ccccc2n2c(-c3ccc(C(=O)CC4CC4)c(Cl)c3)cnc12. The summed E-state index contributed by atoms with van der Waals surface area (Å²) in [6.07, 6.45) is 4.74. The van der Waals surface area contributed by atoms with E-state index in [1.807, 2.05) is 48.7 Å². The lowest BCUT2D eigenvalue weighted by molar-refractivity contribution is 0.0976. The number of anilines is 1. The van der Waals surface area contributed by atoms with Crippen molar-refractivity contribution >= 4 is 39.9 Å². The van der Waals surface area contributed by atoms with Crippen molar-refractivity contribution in [1.82, 2.24) is 14.4 Å². The molecule has 0 atom stereocenters. The molecule has 0 radical (unpaired) electrons. The molecule has 158 valence electrons. The van der Waals surface area contributed by atoms with Crippen molar-refractivity contribution in [2.24, 2.45) is 11.8 Å². The van der Waals surface area contributed by atoms with E-state index in [9.17, 15) is 4.79 Å². The van der Waals surface area contributed by atoms with Gasteiger partial charge in [0.25, 0.3) is 0 Å². The first-order valence-electron chi connectivity index (χ1n) is 10.8. The Bertz CT molecular complexity index is 1290. The molecule has 5 nitrogen and oxygen atoms in total. The minimum absolute atomic E-state index is 0.131. The molecule has 0 amide bonds. The Balaban J connectivity index is 1.61. The van der Waals surface area contributed by atoms with E-state index in [0.29, 0.717) is 28.8 Å². The summed E-state index contributed by atoms with van der Waals surface area (Å²) in [4.78, 5) is 22.0. The molecule has 31 heavy (non-hydrogen) atoms. The maximum atomic E-state index is 12.6. The summed E-state index contributed by atoms with van der Waals surface area (Å²) >= 11 is 6.56. The molecule has 5 rings (SSSR count). The van der Waals surface area contributed by atoms with Gasteiger partial charge in [0.15, 0.2) is 17.2 Å². The van der Waals surface area contributed by atoms with Gasteiger partial charge in [-0.3, -0.25) is 9.20 Å². The summed E-state index contributed by atoms with van der Waals surface area (Å²) in [6, 6.07) is 13.7. The van der Waals surface area contributed by atoms with Crippen LogP contribution in [0.2, 0.25) is 5.02 Å². The van der Waals surface area contributed by atoms with Gasteiger partial charge in [0.1, 0.15) is 0 Å². The lowest BCUT2D eigenvalue weighted by Crippen LogP contribution is -2.11. The number of carbonyl (C=O) groups is 1. The first kappa shape index (κ1) is 20.0. The topological polar surface area (TPSA) is 59.3 Å². The number of nitrogens with one attached hydrogen (secondary N) is 1. The van der Waals surface area contributed by atoms with Crippen LogP contribution in [-0.4, -0.2) is 26.7 Å². The Morgan fingerprint density at radius 3 is 2.77 bits per heavy atom. The predicted octanol–water partition coefficient (Wildman–Crippen LogP) is 6.25. The molecule has 0 aliphatic heterocycles. The molecule has 2 heterocycles. The Kier molecular flexibility index (Phi) is 5.14. The van der Waals surface area contributed by atoms with Crippen LogP contribution in [0.5, 0.6) is 0 Å². The number of fused-ring (bicyclic) bond motifs is 3.